The molecule has 166 valence electrons. The van der Waals surface area contributed by atoms with Crippen molar-refractivity contribution in [2.75, 3.05) is 26.5 Å². The van der Waals surface area contributed by atoms with Crippen LogP contribution in [0.5, 0.6) is 5.75 Å². The van der Waals surface area contributed by atoms with Crippen LogP contribution in [0.15, 0.2) is 60.7 Å². The van der Waals surface area contributed by atoms with Crippen molar-refractivity contribution in [3.8, 4) is 17.0 Å². The van der Waals surface area contributed by atoms with E-state index in [-0.39, 0.29) is 11.8 Å². The second kappa shape index (κ2) is 7.18. The van der Waals surface area contributed by atoms with Crippen LogP contribution in [0.2, 0.25) is 0 Å². The van der Waals surface area contributed by atoms with Crippen LogP contribution >= 0.6 is 0 Å². The van der Waals surface area contributed by atoms with Gasteiger partial charge in [0.05, 0.1) is 23.7 Å². The maximum absolute atomic E-state index is 13.0. The van der Waals surface area contributed by atoms with Crippen molar-refractivity contribution in [1.29, 1.82) is 0 Å². The minimum Gasteiger partial charge on any atom is -0.497 e. The number of H-pyrrole nitrogens is 1. The number of amides is 1. The van der Waals surface area contributed by atoms with Gasteiger partial charge in [-0.3, -0.25) is 9.89 Å². The number of anilines is 1. The fourth-order valence-electron chi connectivity index (χ4n) is 5.31. The van der Waals surface area contributed by atoms with E-state index in [1.54, 1.807) is 7.11 Å². The molecule has 1 amide bonds. The number of benzene rings is 3. The lowest BCUT2D eigenvalue weighted by atomic mass is 9.91. The van der Waals surface area contributed by atoms with Crippen molar-refractivity contribution >= 4 is 22.5 Å². The molecule has 2 aliphatic rings. The Morgan fingerprint density at radius 2 is 1.91 bits per heavy atom. The SMILES string of the molecule is COc1ccc2c(c1)C1(CC1c1ccc3c(-c4ccc(CN(C)C)cc4)n[nH]c3c1)C(=O)N2. The molecule has 3 aromatic carbocycles. The molecule has 2 heterocycles. The predicted molar refractivity (Wildman–Crippen MR) is 130 cm³/mol. The molecule has 1 saturated carbocycles. The molecule has 4 aromatic rings. The van der Waals surface area contributed by atoms with E-state index >= 15 is 0 Å². The van der Waals surface area contributed by atoms with Gasteiger partial charge < -0.3 is 15.0 Å². The van der Waals surface area contributed by atoms with Gasteiger partial charge in [0.25, 0.3) is 0 Å². The Morgan fingerprint density at radius 1 is 1.09 bits per heavy atom. The number of hydrogen-bond donors (Lipinski definition) is 2. The molecular formula is C27H26N4O2. The topological polar surface area (TPSA) is 70.2 Å². The summed E-state index contributed by atoms with van der Waals surface area (Å²) >= 11 is 0. The Bertz CT molecular complexity index is 1390. The fourth-order valence-corrected chi connectivity index (χ4v) is 5.31. The maximum atomic E-state index is 13.0. The van der Waals surface area contributed by atoms with Crippen LogP contribution < -0.4 is 10.1 Å². The first kappa shape index (κ1) is 20.0. The number of fused-ring (bicyclic) bond motifs is 3. The van der Waals surface area contributed by atoms with Crippen molar-refractivity contribution in [2.24, 2.45) is 0 Å². The zero-order valence-electron chi connectivity index (χ0n) is 19.0. The molecule has 2 N–H and O–H groups in total. The van der Waals surface area contributed by atoms with Crippen LogP contribution in [0, 0.1) is 0 Å². The molecule has 2 unspecified atom stereocenters. The summed E-state index contributed by atoms with van der Waals surface area (Å²) in [6.45, 7) is 0.913. The zero-order valence-corrected chi connectivity index (χ0v) is 19.0. The van der Waals surface area contributed by atoms with E-state index < -0.39 is 5.41 Å². The molecule has 1 fully saturated rings. The monoisotopic (exact) mass is 438 g/mol. The van der Waals surface area contributed by atoms with Crippen molar-refractivity contribution < 1.29 is 9.53 Å². The van der Waals surface area contributed by atoms with Gasteiger partial charge in [-0.15, -0.1) is 0 Å². The third kappa shape index (κ3) is 3.05. The van der Waals surface area contributed by atoms with E-state index in [2.05, 4.69) is 77.0 Å². The minimum absolute atomic E-state index is 0.0824. The smallest absolute Gasteiger partial charge is 0.235 e. The Labute approximate surface area is 192 Å². The number of methoxy groups -OCH3 is 1. The van der Waals surface area contributed by atoms with Crippen LogP contribution in [-0.2, 0) is 16.8 Å². The standard InChI is InChI=1S/C27H26N4O2/c1-31(2)15-16-4-6-17(7-5-16)25-20-10-8-18(12-24(20)29-30-25)22-14-27(22)21-13-19(33-3)9-11-23(21)28-26(27)32/h4-13,22H,14-15H2,1-3H3,(H,28,32)(H,29,30). The highest BCUT2D eigenvalue weighted by Gasteiger charge is 2.65. The number of hydrogen-bond acceptors (Lipinski definition) is 4. The summed E-state index contributed by atoms with van der Waals surface area (Å²) in [5.41, 5.74) is 6.91. The summed E-state index contributed by atoms with van der Waals surface area (Å²) < 4.78 is 5.41. The summed E-state index contributed by atoms with van der Waals surface area (Å²) in [7, 11) is 5.80. The first-order valence-electron chi connectivity index (χ1n) is 11.2. The van der Waals surface area contributed by atoms with Crippen LogP contribution in [-0.4, -0.2) is 42.2 Å². The molecule has 6 nitrogen and oxygen atoms in total. The van der Waals surface area contributed by atoms with Crippen molar-refractivity contribution in [3.63, 3.8) is 0 Å². The van der Waals surface area contributed by atoms with Crippen molar-refractivity contribution in [1.82, 2.24) is 15.1 Å². The molecule has 1 aliphatic carbocycles. The Hall–Kier alpha value is -3.64. The average molecular weight is 439 g/mol. The number of aromatic amines is 1. The van der Waals surface area contributed by atoms with Gasteiger partial charge in [-0.1, -0.05) is 36.4 Å². The highest BCUT2D eigenvalue weighted by atomic mass is 16.5. The van der Waals surface area contributed by atoms with E-state index in [1.165, 1.54) is 5.56 Å². The fraction of sp³-hybridized carbons (Fsp3) is 0.259. The summed E-state index contributed by atoms with van der Waals surface area (Å²) in [6, 6.07) is 20.8. The van der Waals surface area contributed by atoms with Gasteiger partial charge in [-0.05, 0) is 61.5 Å². The van der Waals surface area contributed by atoms with E-state index in [4.69, 9.17) is 4.74 Å². The minimum atomic E-state index is -0.497. The molecule has 33 heavy (non-hydrogen) atoms. The quantitative estimate of drug-likeness (QED) is 0.475. The second-order valence-electron chi connectivity index (χ2n) is 9.41. The van der Waals surface area contributed by atoms with Crippen molar-refractivity contribution in [2.45, 2.75) is 24.3 Å². The lowest BCUT2D eigenvalue weighted by Gasteiger charge is -2.10. The molecule has 1 aliphatic heterocycles. The number of carbonyl (C=O) groups is 1. The van der Waals surface area contributed by atoms with Crippen LogP contribution in [0.4, 0.5) is 5.69 Å². The van der Waals surface area contributed by atoms with E-state index in [0.29, 0.717) is 0 Å². The molecular weight excluding hydrogens is 412 g/mol. The summed E-state index contributed by atoms with van der Waals surface area (Å²) in [4.78, 5) is 15.1. The number of ether oxygens (including phenoxy) is 1. The number of nitrogens with zero attached hydrogens (tertiary/aromatic N) is 2. The van der Waals surface area contributed by atoms with Crippen LogP contribution in [0.1, 0.15) is 29.0 Å². The first-order chi connectivity index (χ1) is 16.0. The molecule has 1 spiro atoms. The normalized spacial score (nSPS) is 21.0. The highest BCUT2D eigenvalue weighted by molar-refractivity contribution is 6.10. The van der Waals surface area contributed by atoms with Gasteiger partial charge in [0.2, 0.25) is 5.91 Å². The molecule has 1 aromatic heterocycles. The molecule has 6 heteroatoms. The number of rotatable bonds is 5. The number of nitrogens with one attached hydrogen (secondary N) is 2. The number of aromatic nitrogens is 2. The Balaban J connectivity index is 1.32. The van der Waals surface area contributed by atoms with Gasteiger partial charge >= 0.3 is 0 Å². The molecule has 0 saturated heterocycles. The Morgan fingerprint density at radius 3 is 2.67 bits per heavy atom. The van der Waals surface area contributed by atoms with Gasteiger partial charge in [0.1, 0.15) is 5.75 Å². The average Bonchev–Trinajstić information content (AvgIpc) is 3.34. The molecule has 2 atom stereocenters. The first-order valence-corrected chi connectivity index (χ1v) is 11.2. The highest BCUT2D eigenvalue weighted by Crippen LogP contribution is 2.65. The Kier molecular flexibility index (Phi) is 4.35. The lowest BCUT2D eigenvalue weighted by molar-refractivity contribution is -0.118. The number of carbonyl (C=O) groups excluding carboxylic acids is 1. The van der Waals surface area contributed by atoms with E-state index in [9.17, 15) is 4.79 Å². The van der Waals surface area contributed by atoms with Crippen LogP contribution in [0.25, 0.3) is 22.2 Å². The van der Waals surface area contributed by atoms with E-state index in [0.717, 1.165) is 57.7 Å². The zero-order chi connectivity index (χ0) is 22.7. The third-order valence-electron chi connectivity index (χ3n) is 7.04. The van der Waals surface area contributed by atoms with Gasteiger partial charge in [-0.2, -0.15) is 5.10 Å². The third-order valence-corrected chi connectivity index (χ3v) is 7.04. The summed E-state index contributed by atoms with van der Waals surface area (Å²) in [5, 5.41) is 12.0. The predicted octanol–water partition coefficient (Wildman–Crippen LogP) is 4.68. The van der Waals surface area contributed by atoms with Crippen molar-refractivity contribution in [3.05, 3.63) is 77.4 Å². The summed E-state index contributed by atoms with van der Waals surface area (Å²) in [6.07, 6.45) is 0.804. The van der Waals surface area contributed by atoms with E-state index in [1.807, 2.05) is 18.2 Å². The molecule has 0 bridgehead atoms. The maximum Gasteiger partial charge on any atom is 0.235 e. The second-order valence-corrected chi connectivity index (χ2v) is 9.41. The largest absolute Gasteiger partial charge is 0.497 e. The van der Waals surface area contributed by atoms with Gasteiger partial charge in [-0.25, -0.2) is 0 Å². The molecule has 6 rings (SSSR count). The lowest BCUT2D eigenvalue weighted by Crippen LogP contribution is -2.21. The van der Waals surface area contributed by atoms with Gasteiger partial charge in [0, 0.05) is 29.1 Å². The molecule has 0 radical (unpaired) electrons. The van der Waals surface area contributed by atoms with Crippen LogP contribution in [0.3, 0.4) is 0 Å². The van der Waals surface area contributed by atoms with Gasteiger partial charge in [0.15, 0.2) is 0 Å². The summed E-state index contributed by atoms with van der Waals surface area (Å²) in [5.74, 6) is 1.01.